The Morgan fingerprint density at radius 1 is 0.596 bits per heavy atom. The second kappa shape index (κ2) is 20.0. The summed E-state index contributed by atoms with van der Waals surface area (Å²) in [5, 5.41) is 0. The van der Waals surface area contributed by atoms with Gasteiger partial charge in [0.1, 0.15) is 24.9 Å². The lowest BCUT2D eigenvalue weighted by Crippen LogP contribution is -2.67. The minimum atomic E-state index is -1.58. The van der Waals surface area contributed by atoms with Crippen molar-refractivity contribution in [3.63, 3.8) is 0 Å². The second-order valence-corrected chi connectivity index (χ2v) is 12.2. The third-order valence-electron chi connectivity index (χ3n) is 6.65. The van der Waals surface area contributed by atoms with E-state index in [2.05, 4.69) is 12.6 Å². The lowest BCUT2D eigenvalue weighted by molar-refractivity contribution is -0.355. The van der Waals surface area contributed by atoms with Gasteiger partial charge in [-0.15, -0.1) is 0 Å². The van der Waals surface area contributed by atoms with Gasteiger partial charge in [0.15, 0.2) is 43.1 Å². The molecular formula is C29H44O16S2. The zero-order valence-electron chi connectivity index (χ0n) is 27.4. The number of thiol groups is 1. The molecule has 0 N–H and O–H groups in total. The molecule has 2 heterocycles. The number of carbonyl (C=O) groups excluding carboxylic acids is 6. The first-order chi connectivity index (χ1) is 22.2. The van der Waals surface area contributed by atoms with Crippen LogP contribution in [0.5, 0.6) is 0 Å². The molecule has 0 spiro atoms. The number of thioether (sulfide) groups is 1. The Morgan fingerprint density at radius 2 is 1.06 bits per heavy atom. The summed E-state index contributed by atoms with van der Waals surface area (Å²) in [5.74, 6) is -2.94. The molecule has 0 bridgehead atoms. The zero-order valence-corrected chi connectivity index (χ0v) is 29.1. The first-order valence-corrected chi connectivity index (χ1v) is 16.6. The van der Waals surface area contributed by atoms with Crippen molar-refractivity contribution in [1.82, 2.24) is 0 Å². The Hall–Kier alpha value is -2.64. The fraction of sp³-hybridized carbons (Fsp3) is 0.793. The highest BCUT2D eigenvalue weighted by atomic mass is 32.2. The standard InChI is InChI=1S/C29H44O16S2/c1-14(30)37-12-20-22(24(39-16(3)32)26(41-18(5)34)28(36-7)43-20)45-29-27(42-19(6)35)25(40-17(4)33)23(38-15(2)31)21(44-29)13-47-11-9-8-10-46/h20-29,46H,8-13H2,1-7H3/t20-,21-,22+,23+,24+,25+,26-,27-,28-,29+/m1/s1. The molecule has 0 aromatic rings. The quantitative estimate of drug-likeness (QED) is 0.103. The van der Waals surface area contributed by atoms with Gasteiger partial charge in [-0.3, -0.25) is 28.8 Å². The van der Waals surface area contributed by atoms with Crippen LogP contribution >= 0.6 is 24.4 Å². The third-order valence-corrected chi connectivity index (χ3v) is 8.10. The van der Waals surface area contributed by atoms with Crippen LogP contribution < -0.4 is 0 Å². The van der Waals surface area contributed by atoms with E-state index >= 15 is 0 Å². The number of unbranched alkanes of at least 4 members (excludes halogenated alkanes) is 1. The predicted octanol–water partition coefficient (Wildman–Crippen LogP) is 1.13. The molecule has 0 unspecified atom stereocenters. The lowest BCUT2D eigenvalue weighted by Gasteiger charge is -2.48. The normalized spacial score (nSPS) is 30.4. The molecule has 0 aliphatic carbocycles. The molecule has 47 heavy (non-hydrogen) atoms. The fourth-order valence-electron chi connectivity index (χ4n) is 4.98. The van der Waals surface area contributed by atoms with Gasteiger partial charge in [-0.1, -0.05) is 0 Å². The number of ether oxygens (including phenoxy) is 10. The molecule has 268 valence electrons. The number of esters is 6. The van der Waals surface area contributed by atoms with E-state index in [0.29, 0.717) is 11.5 Å². The van der Waals surface area contributed by atoms with Crippen LogP contribution in [0, 0.1) is 0 Å². The molecule has 18 heteroatoms. The molecule has 16 nitrogen and oxygen atoms in total. The lowest BCUT2D eigenvalue weighted by atomic mass is 9.96. The largest absolute Gasteiger partial charge is 0.463 e. The average Bonchev–Trinajstić information content (AvgIpc) is 2.96. The van der Waals surface area contributed by atoms with Gasteiger partial charge < -0.3 is 47.4 Å². The van der Waals surface area contributed by atoms with Crippen molar-refractivity contribution in [1.29, 1.82) is 0 Å². The number of rotatable bonds is 16. The van der Waals surface area contributed by atoms with Gasteiger partial charge in [-0.05, 0) is 24.3 Å². The van der Waals surface area contributed by atoms with Gasteiger partial charge in [0.25, 0.3) is 0 Å². The minimum absolute atomic E-state index is 0.224. The molecule has 10 atom stereocenters. The van der Waals surface area contributed by atoms with Crippen molar-refractivity contribution < 1.29 is 76.1 Å². The van der Waals surface area contributed by atoms with Crippen LogP contribution in [0.1, 0.15) is 54.4 Å². The molecule has 0 saturated carbocycles. The van der Waals surface area contributed by atoms with E-state index in [1.165, 1.54) is 18.9 Å². The van der Waals surface area contributed by atoms with Crippen LogP contribution in [-0.2, 0) is 76.1 Å². The molecular weight excluding hydrogens is 668 g/mol. The summed E-state index contributed by atoms with van der Waals surface area (Å²) in [6.45, 7) is 6.34. The molecule has 2 aliphatic rings. The summed E-state index contributed by atoms with van der Waals surface area (Å²) in [7, 11) is 1.26. The van der Waals surface area contributed by atoms with Crippen LogP contribution in [0.15, 0.2) is 0 Å². The summed E-state index contributed by atoms with van der Waals surface area (Å²) in [4.78, 5) is 73.0. The second-order valence-electron chi connectivity index (χ2n) is 10.6. The van der Waals surface area contributed by atoms with Crippen molar-refractivity contribution in [2.45, 2.75) is 116 Å². The van der Waals surface area contributed by atoms with Crippen LogP contribution in [0.4, 0.5) is 0 Å². The molecule has 2 aliphatic heterocycles. The summed E-state index contributed by atoms with van der Waals surface area (Å²) >= 11 is 5.69. The van der Waals surface area contributed by atoms with Crippen molar-refractivity contribution in [2.24, 2.45) is 0 Å². The van der Waals surface area contributed by atoms with Crippen LogP contribution in [0.3, 0.4) is 0 Å². The predicted molar refractivity (Wildman–Crippen MR) is 164 cm³/mol. The SMILES string of the molecule is CO[C@@H]1O[C@H](COC(C)=O)[C@H](O[C@@H]2O[C@H](CSCCCCS)[C@H](OC(C)=O)[C@H](OC(C)=O)[C@H]2OC(C)=O)[C@H](OC(C)=O)[C@H]1OC(C)=O. The summed E-state index contributed by atoms with van der Waals surface area (Å²) in [5.41, 5.74) is 0. The molecule has 0 radical (unpaired) electrons. The van der Waals surface area contributed by atoms with Gasteiger partial charge >= 0.3 is 35.8 Å². The number of carbonyl (C=O) groups is 6. The van der Waals surface area contributed by atoms with Gasteiger partial charge in [0.05, 0.1) is 0 Å². The van der Waals surface area contributed by atoms with E-state index in [1.54, 1.807) is 0 Å². The first-order valence-electron chi connectivity index (χ1n) is 14.9. The minimum Gasteiger partial charge on any atom is -0.463 e. The number of hydrogen-bond donors (Lipinski definition) is 1. The topological polar surface area (TPSA) is 195 Å². The van der Waals surface area contributed by atoms with Crippen LogP contribution in [-0.4, -0.2) is 128 Å². The van der Waals surface area contributed by atoms with E-state index in [1.807, 2.05) is 0 Å². The maximum atomic E-state index is 12.4. The highest BCUT2D eigenvalue weighted by molar-refractivity contribution is 7.99. The van der Waals surface area contributed by atoms with Crippen molar-refractivity contribution in [3.05, 3.63) is 0 Å². The molecule has 2 saturated heterocycles. The first kappa shape index (κ1) is 40.5. The molecule has 2 fully saturated rings. The Bertz CT molecular complexity index is 1090. The molecule has 0 aromatic heterocycles. The van der Waals surface area contributed by atoms with Crippen molar-refractivity contribution in [2.75, 3.05) is 31.0 Å². The van der Waals surface area contributed by atoms with Crippen molar-refractivity contribution in [3.8, 4) is 0 Å². The van der Waals surface area contributed by atoms with Crippen molar-refractivity contribution >= 4 is 60.2 Å². The van der Waals surface area contributed by atoms with E-state index in [9.17, 15) is 28.8 Å². The van der Waals surface area contributed by atoms with E-state index in [-0.39, 0.29) is 5.75 Å². The molecule has 0 amide bonds. The number of hydrogen-bond acceptors (Lipinski definition) is 18. The Labute approximate surface area is 282 Å². The van der Waals surface area contributed by atoms with Gasteiger partial charge in [0.2, 0.25) is 0 Å². The maximum Gasteiger partial charge on any atom is 0.303 e. The monoisotopic (exact) mass is 712 g/mol. The highest BCUT2D eigenvalue weighted by Crippen LogP contribution is 2.36. The zero-order chi connectivity index (χ0) is 35.3. The average molecular weight is 713 g/mol. The smallest absolute Gasteiger partial charge is 0.303 e. The maximum absolute atomic E-state index is 12.4. The molecule has 2 rings (SSSR count). The fourth-order valence-corrected chi connectivity index (χ4v) is 6.28. The third kappa shape index (κ3) is 13.1. The van der Waals surface area contributed by atoms with Crippen LogP contribution in [0.2, 0.25) is 0 Å². The van der Waals surface area contributed by atoms with Crippen LogP contribution in [0.25, 0.3) is 0 Å². The Morgan fingerprint density at radius 3 is 1.55 bits per heavy atom. The Kier molecular flexibility index (Phi) is 17.3. The van der Waals surface area contributed by atoms with E-state index in [0.717, 1.165) is 54.4 Å². The summed E-state index contributed by atoms with van der Waals surface area (Å²) in [6, 6.07) is 0. The summed E-state index contributed by atoms with van der Waals surface area (Å²) < 4.78 is 56.8. The van der Waals surface area contributed by atoms with Gasteiger partial charge in [0, 0.05) is 54.4 Å². The van der Waals surface area contributed by atoms with Gasteiger partial charge in [-0.2, -0.15) is 24.4 Å². The van der Waals surface area contributed by atoms with E-state index in [4.69, 9.17) is 47.4 Å². The van der Waals surface area contributed by atoms with Gasteiger partial charge in [-0.25, -0.2) is 0 Å². The van der Waals surface area contributed by atoms with E-state index < -0.39 is 104 Å². The Balaban J connectivity index is 2.64. The molecule has 0 aromatic carbocycles. The number of methoxy groups -OCH3 is 1. The summed E-state index contributed by atoms with van der Waals surface area (Å²) in [6.07, 6.45) is -11.8. The highest BCUT2D eigenvalue weighted by Gasteiger charge is 2.57.